The number of amides is 2. The Morgan fingerprint density at radius 2 is 1.88 bits per heavy atom. The molecule has 5 rings (SSSR count). The number of unbranched alkanes of at least 4 members (excludes halogenated alkanes) is 1. The van der Waals surface area contributed by atoms with Crippen LogP contribution in [0.15, 0.2) is 30.3 Å². The predicted molar refractivity (Wildman–Crippen MR) is 133 cm³/mol. The molecule has 7 nitrogen and oxygen atoms in total. The first-order valence-corrected chi connectivity index (χ1v) is 12.8. The third kappa shape index (κ3) is 4.91. The van der Waals surface area contributed by atoms with E-state index in [1.807, 2.05) is 18.2 Å². The van der Waals surface area contributed by atoms with E-state index in [1.54, 1.807) is 0 Å². The molecule has 186 valence electrons. The third-order valence-electron chi connectivity index (χ3n) is 8.56. The van der Waals surface area contributed by atoms with Gasteiger partial charge in [-0.05, 0) is 74.8 Å². The maximum atomic E-state index is 13.3. The quantitative estimate of drug-likeness (QED) is 0.361. The van der Waals surface area contributed by atoms with Gasteiger partial charge in [0.15, 0.2) is 0 Å². The molecule has 4 aliphatic rings. The number of nitrogens with two attached hydrogens (primary N) is 1. The molecule has 1 aromatic carbocycles. The Balaban J connectivity index is 1.51. The lowest BCUT2D eigenvalue weighted by Crippen LogP contribution is -2.65. The van der Waals surface area contributed by atoms with E-state index in [9.17, 15) is 9.59 Å². The molecule has 8 heteroatoms. The van der Waals surface area contributed by atoms with E-state index >= 15 is 0 Å². The zero-order valence-electron chi connectivity index (χ0n) is 21.0. The highest BCUT2D eigenvalue weighted by Crippen LogP contribution is 2.65. The highest BCUT2D eigenvalue weighted by molar-refractivity contribution is 6.48. The topological polar surface area (TPSA) is 103 Å². The first-order valence-electron chi connectivity index (χ1n) is 12.8. The van der Waals surface area contributed by atoms with Gasteiger partial charge in [-0.25, -0.2) is 0 Å². The van der Waals surface area contributed by atoms with E-state index in [2.05, 4.69) is 43.5 Å². The molecule has 1 aromatic rings. The third-order valence-corrected chi connectivity index (χ3v) is 8.56. The molecular formula is C26H40BN3O4. The van der Waals surface area contributed by atoms with Crippen LogP contribution in [0.1, 0.15) is 65.4 Å². The molecule has 2 amide bonds. The van der Waals surface area contributed by atoms with Crippen LogP contribution in [0.25, 0.3) is 0 Å². The minimum Gasteiger partial charge on any atom is -0.404 e. The molecule has 2 bridgehead atoms. The second-order valence-electron chi connectivity index (χ2n) is 11.2. The van der Waals surface area contributed by atoms with Crippen molar-refractivity contribution in [1.29, 1.82) is 0 Å². The van der Waals surface area contributed by atoms with Gasteiger partial charge in [-0.3, -0.25) is 9.59 Å². The van der Waals surface area contributed by atoms with Gasteiger partial charge in [0, 0.05) is 6.92 Å². The smallest absolute Gasteiger partial charge is 0.404 e. The van der Waals surface area contributed by atoms with E-state index in [1.165, 1.54) is 13.3 Å². The minimum atomic E-state index is -0.603. The fourth-order valence-corrected chi connectivity index (χ4v) is 6.44. The van der Waals surface area contributed by atoms with Crippen molar-refractivity contribution >= 4 is 18.9 Å². The summed E-state index contributed by atoms with van der Waals surface area (Å²) in [5.41, 5.74) is 6.63. The monoisotopic (exact) mass is 469 g/mol. The summed E-state index contributed by atoms with van der Waals surface area (Å²) in [6.45, 7) is 8.87. The Kier molecular flexibility index (Phi) is 7.41. The standard InChI is InChI=1S/C26H40BN3O4/c1-17(31)29-20(12-8-9-13-28)24(32)30-23(14-18-10-6-5-7-11-18)27-33-22-16-19-15-21(25(19,2)3)26(22,4)34-27/h5-7,10-11,19-23H,8-9,12-16,28H2,1-4H3,(H,29,31)(H,30,32)/t19-,20?,21-,22+,23-,26-/m0/s1. The van der Waals surface area contributed by atoms with E-state index in [0.717, 1.165) is 24.8 Å². The molecule has 1 aliphatic heterocycles. The van der Waals surface area contributed by atoms with Gasteiger partial charge < -0.3 is 25.7 Å². The van der Waals surface area contributed by atoms with Gasteiger partial charge in [-0.1, -0.05) is 44.2 Å². The van der Waals surface area contributed by atoms with Crippen LogP contribution < -0.4 is 16.4 Å². The zero-order chi connectivity index (χ0) is 24.5. The van der Waals surface area contributed by atoms with Crippen molar-refractivity contribution in [3.05, 3.63) is 35.9 Å². The summed E-state index contributed by atoms with van der Waals surface area (Å²) in [5.74, 6) is 0.326. The van der Waals surface area contributed by atoms with Gasteiger partial charge in [-0.15, -0.1) is 0 Å². The molecule has 1 unspecified atom stereocenters. The Hall–Kier alpha value is -1.90. The maximum Gasteiger partial charge on any atom is 0.482 e. The summed E-state index contributed by atoms with van der Waals surface area (Å²) in [4.78, 5) is 25.1. The lowest BCUT2D eigenvalue weighted by atomic mass is 9.43. The molecule has 0 radical (unpaired) electrons. The van der Waals surface area contributed by atoms with Gasteiger partial charge in [0.2, 0.25) is 11.8 Å². The van der Waals surface area contributed by atoms with E-state index in [0.29, 0.717) is 31.2 Å². The number of rotatable bonds is 10. The highest BCUT2D eigenvalue weighted by atomic mass is 16.7. The summed E-state index contributed by atoms with van der Waals surface area (Å²) < 4.78 is 13.2. The molecule has 3 aliphatic carbocycles. The van der Waals surface area contributed by atoms with Gasteiger partial charge in [-0.2, -0.15) is 0 Å². The van der Waals surface area contributed by atoms with Crippen molar-refractivity contribution in [3.63, 3.8) is 0 Å². The first-order chi connectivity index (χ1) is 16.1. The molecule has 3 saturated carbocycles. The normalized spacial score (nSPS) is 30.6. The zero-order valence-corrected chi connectivity index (χ0v) is 21.0. The van der Waals surface area contributed by atoms with Crippen LogP contribution in [0.5, 0.6) is 0 Å². The average Bonchev–Trinajstić information content (AvgIpc) is 3.15. The largest absolute Gasteiger partial charge is 0.482 e. The molecule has 0 aromatic heterocycles. The molecule has 34 heavy (non-hydrogen) atoms. The van der Waals surface area contributed by atoms with Crippen LogP contribution in [0.2, 0.25) is 0 Å². The Labute approximate surface area is 204 Å². The highest BCUT2D eigenvalue weighted by Gasteiger charge is 2.68. The van der Waals surface area contributed by atoms with E-state index < -0.39 is 13.2 Å². The van der Waals surface area contributed by atoms with Crippen molar-refractivity contribution in [2.24, 2.45) is 23.0 Å². The van der Waals surface area contributed by atoms with Crippen LogP contribution in [0.3, 0.4) is 0 Å². The number of benzene rings is 1. The van der Waals surface area contributed by atoms with Crippen molar-refractivity contribution in [2.45, 2.75) is 89.9 Å². The van der Waals surface area contributed by atoms with Crippen LogP contribution in [0.4, 0.5) is 0 Å². The Bertz CT molecular complexity index is 882. The molecule has 1 heterocycles. The fraction of sp³-hybridized carbons (Fsp3) is 0.692. The van der Waals surface area contributed by atoms with Crippen LogP contribution in [-0.4, -0.2) is 49.2 Å². The van der Waals surface area contributed by atoms with Gasteiger partial charge in [0.25, 0.3) is 0 Å². The second kappa shape index (κ2) is 10.00. The SMILES string of the molecule is CC(=O)NC(CCCCN)C(=O)N[C@@H](Cc1ccccc1)B1O[C@@H]2C[C@@H]3C[C@@H](C3(C)C)[C@]2(C)O1. The number of hydrogen-bond acceptors (Lipinski definition) is 5. The number of carbonyl (C=O) groups excluding carboxylic acids is 2. The number of carbonyl (C=O) groups is 2. The molecule has 1 saturated heterocycles. The van der Waals surface area contributed by atoms with Gasteiger partial charge in [0.05, 0.1) is 17.6 Å². The number of nitrogens with one attached hydrogen (secondary N) is 2. The molecule has 6 atom stereocenters. The second-order valence-corrected chi connectivity index (χ2v) is 11.2. The lowest BCUT2D eigenvalue weighted by molar-refractivity contribution is -0.199. The summed E-state index contributed by atoms with van der Waals surface area (Å²) in [5, 5.41) is 5.99. The van der Waals surface area contributed by atoms with E-state index in [4.69, 9.17) is 15.0 Å². The Morgan fingerprint density at radius 1 is 1.15 bits per heavy atom. The summed E-state index contributed by atoms with van der Waals surface area (Å²) in [6, 6.07) is 9.47. The first kappa shape index (κ1) is 25.2. The number of hydrogen-bond donors (Lipinski definition) is 3. The fourth-order valence-electron chi connectivity index (χ4n) is 6.44. The van der Waals surface area contributed by atoms with Crippen LogP contribution >= 0.6 is 0 Å². The molecule has 4 N–H and O–H groups in total. The summed E-state index contributed by atoms with van der Waals surface area (Å²) in [7, 11) is -0.531. The van der Waals surface area contributed by atoms with E-state index in [-0.39, 0.29) is 34.9 Å². The van der Waals surface area contributed by atoms with Crippen molar-refractivity contribution in [3.8, 4) is 0 Å². The minimum absolute atomic E-state index is 0.0418. The van der Waals surface area contributed by atoms with Crippen molar-refractivity contribution < 1.29 is 18.9 Å². The summed E-state index contributed by atoms with van der Waals surface area (Å²) >= 11 is 0. The predicted octanol–water partition coefficient (Wildman–Crippen LogP) is 2.62. The van der Waals surface area contributed by atoms with Gasteiger partial charge >= 0.3 is 7.12 Å². The molecule has 4 fully saturated rings. The Morgan fingerprint density at radius 3 is 2.53 bits per heavy atom. The summed E-state index contributed by atoms with van der Waals surface area (Å²) in [6.07, 6.45) is 4.93. The molecular weight excluding hydrogens is 429 g/mol. The van der Waals surface area contributed by atoms with Gasteiger partial charge in [0.1, 0.15) is 6.04 Å². The van der Waals surface area contributed by atoms with Crippen molar-refractivity contribution in [2.75, 3.05) is 6.54 Å². The maximum absolute atomic E-state index is 13.3. The van der Waals surface area contributed by atoms with Crippen LogP contribution in [0, 0.1) is 17.3 Å². The average molecular weight is 469 g/mol. The molecule has 0 spiro atoms. The lowest BCUT2D eigenvalue weighted by Gasteiger charge is -2.64. The van der Waals surface area contributed by atoms with Crippen LogP contribution in [-0.2, 0) is 25.3 Å². The van der Waals surface area contributed by atoms with Crippen molar-refractivity contribution in [1.82, 2.24) is 10.6 Å².